The van der Waals surface area contributed by atoms with Crippen LogP contribution in [-0.2, 0) is 10.0 Å². The summed E-state index contributed by atoms with van der Waals surface area (Å²) in [5.74, 6) is 2.45. The molecule has 0 bridgehead atoms. The number of sulfonamides is 1. The molecule has 0 fully saturated rings. The van der Waals surface area contributed by atoms with Crippen LogP contribution in [0.15, 0.2) is 99.9 Å². The van der Waals surface area contributed by atoms with Gasteiger partial charge in [0.2, 0.25) is 0 Å². The first kappa shape index (κ1) is 21.3. The Morgan fingerprint density at radius 3 is 2.64 bits per heavy atom. The van der Waals surface area contributed by atoms with E-state index >= 15 is 0 Å². The lowest BCUT2D eigenvalue weighted by Gasteiger charge is -2.24. The third-order valence-corrected chi connectivity index (χ3v) is 7.23. The van der Waals surface area contributed by atoms with Crippen molar-refractivity contribution in [3.8, 4) is 0 Å². The number of benzene rings is 2. The van der Waals surface area contributed by atoms with E-state index in [-0.39, 0.29) is 4.90 Å². The Kier molecular flexibility index (Phi) is 5.67. The summed E-state index contributed by atoms with van der Waals surface area (Å²) in [6, 6.07) is 17.5. The van der Waals surface area contributed by atoms with Crippen LogP contribution in [0, 0.1) is 6.92 Å². The average Bonchev–Trinajstić information content (AvgIpc) is 3.44. The number of aliphatic imine (C=N–C) groups is 1. The Labute approximate surface area is 196 Å². The van der Waals surface area contributed by atoms with Crippen molar-refractivity contribution < 1.29 is 8.42 Å². The van der Waals surface area contributed by atoms with Gasteiger partial charge < -0.3 is 0 Å². The largest absolute Gasteiger partial charge is 0.300 e. The molecular weight excluding hydrogens is 458 g/mol. The number of nitrogens with zero attached hydrogens (tertiary/aromatic N) is 4. The molecule has 33 heavy (non-hydrogen) atoms. The summed E-state index contributed by atoms with van der Waals surface area (Å²) in [5.41, 5.74) is 1.47. The summed E-state index contributed by atoms with van der Waals surface area (Å²) in [5, 5.41) is 10.5. The highest BCUT2D eigenvalue weighted by molar-refractivity contribution is 7.97. The molecule has 1 radical (unpaired) electrons. The van der Waals surface area contributed by atoms with Gasteiger partial charge in [-0.05, 0) is 60.2 Å². The van der Waals surface area contributed by atoms with Crippen molar-refractivity contribution in [2.24, 2.45) is 4.99 Å². The van der Waals surface area contributed by atoms with Crippen LogP contribution in [-0.4, -0.2) is 35.3 Å². The van der Waals surface area contributed by atoms with Gasteiger partial charge in [-0.1, -0.05) is 18.2 Å². The summed E-state index contributed by atoms with van der Waals surface area (Å²) in [4.78, 5) is 7.63. The standard InChI is InChI=1S/C22H21N7O2S2/c1-16-13-20(26-25-16)24-22-15-28(14-21-23-11-12-29(21)22)32-18-9-7-17(8-10-18)27-33(30,31)19-5-3-2-4-6-19/h2-13,15,27H,14H2,1H3,(H2,24,25,26)/q+1. The molecule has 11 heteroatoms. The van der Waals surface area contributed by atoms with E-state index in [0.717, 1.165) is 28.1 Å². The summed E-state index contributed by atoms with van der Waals surface area (Å²) < 4.78 is 29.7. The normalized spacial score (nSPS) is 15.7. The topological polar surface area (TPSA) is 108 Å². The van der Waals surface area contributed by atoms with Gasteiger partial charge in [0.25, 0.3) is 21.7 Å². The van der Waals surface area contributed by atoms with Crippen LogP contribution in [0.5, 0.6) is 0 Å². The molecule has 0 atom stereocenters. The molecular formula is C22H21N7O2S2+. The summed E-state index contributed by atoms with van der Waals surface area (Å²) >= 11 is 1.53. The van der Waals surface area contributed by atoms with Gasteiger partial charge in [0, 0.05) is 22.3 Å². The molecule has 167 valence electrons. The lowest BCUT2D eigenvalue weighted by atomic mass is 10.3. The van der Waals surface area contributed by atoms with Crippen LogP contribution >= 0.6 is 11.9 Å². The highest BCUT2D eigenvalue weighted by Gasteiger charge is 2.37. The number of hydrogen-bond acceptors (Lipinski definition) is 8. The van der Waals surface area contributed by atoms with Crippen molar-refractivity contribution >= 4 is 39.3 Å². The maximum absolute atomic E-state index is 12.5. The molecule has 0 spiro atoms. The first-order valence-electron chi connectivity index (χ1n) is 10.1. The molecule has 0 saturated heterocycles. The van der Waals surface area contributed by atoms with Gasteiger partial charge in [0.15, 0.2) is 12.0 Å². The maximum atomic E-state index is 12.5. The van der Waals surface area contributed by atoms with Crippen molar-refractivity contribution in [2.45, 2.75) is 16.7 Å². The second-order valence-electron chi connectivity index (χ2n) is 7.40. The third-order valence-electron chi connectivity index (χ3n) is 4.89. The number of aromatic amines is 1. The molecule has 5 rings (SSSR count). The Hall–Kier alpha value is -3.54. The highest BCUT2D eigenvalue weighted by Crippen LogP contribution is 2.29. The molecule has 2 aromatic carbocycles. The molecule has 2 aliphatic heterocycles. The number of aromatic nitrogens is 2. The zero-order valence-electron chi connectivity index (χ0n) is 17.6. The number of rotatable bonds is 7. The minimum Gasteiger partial charge on any atom is -0.300 e. The van der Waals surface area contributed by atoms with E-state index in [0.29, 0.717) is 12.2 Å². The van der Waals surface area contributed by atoms with Gasteiger partial charge >= 0.3 is 0 Å². The molecule has 2 aliphatic rings. The fourth-order valence-electron chi connectivity index (χ4n) is 3.35. The lowest BCUT2D eigenvalue weighted by molar-refractivity contribution is 0.601. The molecule has 1 aromatic heterocycles. The van der Waals surface area contributed by atoms with Crippen molar-refractivity contribution in [2.75, 3.05) is 16.6 Å². The molecule has 0 unspecified atom stereocenters. The van der Waals surface area contributed by atoms with E-state index in [1.807, 2.05) is 42.4 Å². The van der Waals surface area contributed by atoms with Crippen LogP contribution in [0.25, 0.3) is 0 Å². The van der Waals surface area contributed by atoms with E-state index in [1.54, 1.807) is 48.7 Å². The molecule has 3 N–H and O–H groups in total. The Bertz CT molecular complexity index is 1350. The number of hydrogen-bond donors (Lipinski definition) is 3. The van der Waals surface area contributed by atoms with Crippen LogP contribution in [0.2, 0.25) is 0 Å². The summed E-state index contributed by atoms with van der Waals surface area (Å²) in [6.07, 6.45) is 5.67. The second kappa shape index (κ2) is 8.77. The molecule has 3 aromatic rings. The molecule has 3 heterocycles. The third kappa shape index (κ3) is 4.80. The molecule has 0 saturated carbocycles. The fraction of sp³-hybridized carbons (Fsp3) is 0.0909. The van der Waals surface area contributed by atoms with Gasteiger partial charge in [0.05, 0.1) is 17.3 Å². The van der Waals surface area contributed by atoms with Gasteiger partial charge in [0.1, 0.15) is 6.54 Å². The number of fused-ring (bicyclic) bond motifs is 1. The second-order valence-corrected chi connectivity index (χ2v) is 10.2. The van der Waals surface area contributed by atoms with Crippen molar-refractivity contribution in [1.29, 1.82) is 0 Å². The first-order chi connectivity index (χ1) is 16.0. The fourth-order valence-corrected chi connectivity index (χ4v) is 5.29. The van der Waals surface area contributed by atoms with E-state index < -0.39 is 10.0 Å². The smallest absolute Gasteiger partial charge is 0.285 e. The van der Waals surface area contributed by atoms with E-state index in [9.17, 15) is 8.42 Å². The van der Waals surface area contributed by atoms with Gasteiger partial charge in [-0.3, -0.25) is 19.4 Å². The molecule has 9 nitrogen and oxygen atoms in total. The molecule has 0 amide bonds. The van der Waals surface area contributed by atoms with E-state index in [1.165, 1.54) is 11.9 Å². The number of nitrogens with one attached hydrogen (secondary N) is 3. The van der Waals surface area contributed by atoms with Crippen LogP contribution in [0.4, 0.5) is 11.5 Å². The van der Waals surface area contributed by atoms with E-state index in [4.69, 9.17) is 0 Å². The Morgan fingerprint density at radius 2 is 1.91 bits per heavy atom. The van der Waals surface area contributed by atoms with Crippen molar-refractivity contribution in [3.63, 3.8) is 0 Å². The SMILES string of the molecule is Cc1cc(NC2=CN(Sc3ccc(NS(=O)(=O)c4ccccc4)cc3)CC3=NC=C[N+]23)n[nH]1. The highest BCUT2D eigenvalue weighted by atomic mass is 32.2. The average molecular weight is 480 g/mol. The number of amidine groups is 1. The predicted octanol–water partition coefficient (Wildman–Crippen LogP) is 3.78. The molecule has 0 aliphatic carbocycles. The maximum Gasteiger partial charge on any atom is 0.285 e. The Balaban J connectivity index is 1.29. The van der Waals surface area contributed by atoms with Crippen LogP contribution in [0.3, 0.4) is 0 Å². The minimum absolute atomic E-state index is 0.226. The summed E-state index contributed by atoms with van der Waals surface area (Å²) in [6.45, 7) is 2.56. The summed E-state index contributed by atoms with van der Waals surface area (Å²) in [7, 11) is -3.62. The van der Waals surface area contributed by atoms with Crippen molar-refractivity contribution in [1.82, 2.24) is 19.4 Å². The van der Waals surface area contributed by atoms with Crippen molar-refractivity contribution in [3.05, 3.63) is 90.8 Å². The minimum atomic E-state index is -3.62. The first-order valence-corrected chi connectivity index (χ1v) is 12.4. The van der Waals surface area contributed by atoms with Crippen LogP contribution < -0.4 is 14.9 Å². The monoisotopic (exact) mass is 479 g/mol. The zero-order valence-corrected chi connectivity index (χ0v) is 19.3. The van der Waals surface area contributed by atoms with Gasteiger partial charge in [-0.15, -0.1) is 0 Å². The number of aryl methyl sites for hydroxylation is 1. The quantitative estimate of drug-likeness (QED) is 0.352. The lowest BCUT2D eigenvalue weighted by Crippen LogP contribution is -2.42. The Morgan fingerprint density at radius 1 is 1.12 bits per heavy atom. The predicted molar refractivity (Wildman–Crippen MR) is 130 cm³/mol. The van der Waals surface area contributed by atoms with Crippen LogP contribution in [0.1, 0.15) is 5.69 Å². The van der Waals surface area contributed by atoms with E-state index in [2.05, 4.69) is 29.5 Å². The van der Waals surface area contributed by atoms with Gasteiger partial charge in [-0.25, -0.2) is 8.42 Å². The number of anilines is 2. The zero-order chi connectivity index (χ0) is 22.8. The van der Waals surface area contributed by atoms with Gasteiger partial charge in [-0.2, -0.15) is 10.1 Å². The number of H-pyrrole nitrogens is 1.